The maximum Gasteiger partial charge on any atom is 0.333 e. The summed E-state index contributed by atoms with van der Waals surface area (Å²) in [5.41, 5.74) is 0.512. The molecule has 0 amide bonds. The average Bonchev–Trinajstić information content (AvgIpc) is 2.59. The predicted octanol–water partition coefficient (Wildman–Crippen LogP) is 2.08. The first-order chi connectivity index (χ1) is 12.3. The van der Waals surface area contributed by atoms with Gasteiger partial charge >= 0.3 is 17.9 Å². The molecule has 0 spiro atoms. The third kappa shape index (κ3) is 5.98. The zero-order valence-corrected chi connectivity index (χ0v) is 14.3. The predicted molar refractivity (Wildman–Crippen MR) is 92.7 cm³/mol. The number of hydrogen-bond acceptors (Lipinski definition) is 5. The fourth-order valence-electron chi connectivity index (χ4n) is 2.67. The lowest BCUT2D eigenvalue weighted by molar-refractivity contribution is -0.142. The van der Waals surface area contributed by atoms with Gasteiger partial charge in [0.05, 0.1) is 7.11 Å². The van der Waals surface area contributed by atoms with E-state index in [2.05, 4.69) is 17.2 Å². The van der Waals surface area contributed by atoms with Crippen LogP contribution in [-0.2, 0) is 19.1 Å². The van der Waals surface area contributed by atoms with Crippen molar-refractivity contribution < 1.29 is 34.1 Å². The molecule has 0 aliphatic rings. The lowest BCUT2D eigenvalue weighted by atomic mass is 9.77. The Kier molecular flexibility index (Phi) is 7.90. The summed E-state index contributed by atoms with van der Waals surface area (Å²) < 4.78 is 9.94. The Morgan fingerprint density at radius 1 is 1.15 bits per heavy atom. The largest absolute Gasteiger partial charge is 0.481 e. The Hall–Kier alpha value is -3.27. The normalized spacial score (nSPS) is 11.3. The molecular weight excluding hydrogens is 340 g/mol. The summed E-state index contributed by atoms with van der Waals surface area (Å²) in [6, 6.07) is 6.42. The summed E-state index contributed by atoms with van der Waals surface area (Å²) >= 11 is 0. The first kappa shape index (κ1) is 20.8. The minimum Gasteiger partial charge on any atom is -0.481 e. The van der Waals surface area contributed by atoms with Crippen LogP contribution < -0.4 is 4.74 Å². The Morgan fingerprint density at radius 2 is 1.69 bits per heavy atom. The summed E-state index contributed by atoms with van der Waals surface area (Å²) in [4.78, 5) is 34.3. The number of esters is 1. The first-order valence-electron chi connectivity index (χ1n) is 7.67. The summed E-state index contributed by atoms with van der Waals surface area (Å²) in [6.07, 6.45) is 4.24. The molecule has 1 aromatic rings. The zero-order valence-electron chi connectivity index (χ0n) is 14.3. The molecule has 0 saturated carbocycles. The molecule has 0 heterocycles. The van der Waals surface area contributed by atoms with Gasteiger partial charge in [-0.2, -0.15) is 0 Å². The second kappa shape index (κ2) is 9.89. The Balaban J connectivity index is 3.27. The summed E-state index contributed by atoms with van der Waals surface area (Å²) in [5, 5.41) is 18.3. The van der Waals surface area contributed by atoms with Gasteiger partial charge in [-0.1, -0.05) is 24.6 Å². The highest BCUT2D eigenvalue weighted by atomic mass is 16.5. The smallest absolute Gasteiger partial charge is 0.333 e. The molecule has 1 atom stereocenters. The van der Waals surface area contributed by atoms with E-state index in [0.717, 1.165) is 0 Å². The van der Waals surface area contributed by atoms with Gasteiger partial charge in [0, 0.05) is 24.3 Å². The van der Waals surface area contributed by atoms with Crippen LogP contribution in [0.1, 0.15) is 24.3 Å². The third-order valence-electron chi connectivity index (χ3n) is 3.73. The minimum absolute atomic E-state index is 0.0164. The lowest BCUT2D eigenvalue weighted by Crippen LogP contribution is -2.25. The van der Waals surface area contributed by atoms with Gasteiger partial charge in [-0.15, -0.1) is 6.42 Å². The molecule has 1 unspecified atom stereocenters. The van der Waals surface area contributed by atoms with Crippen molar-refractivity contribution in [2.45, 2.75) is 18.8 Å². The van der Waals surface area contributed by atoms with Crippen LogP contribution in [0.3, 0.4) is 0 Å². The molecule has 0 radical (unpaired) electrons. The summed E-state index contributed by atoms with van der Waals surface area (Å²) in [7, 11) is 1.17. The molecule has 0 bridgehead atoms. The van der Waals surface area contributed by atoms with Crippen molar-refractivity contribution in [3.8, 4) is 18.1 Å². The van der Waals surface area contributed by atoms with Crippen LogP contribution in [0.5, 0.6) is 5.75 Å². The van der Waals surface area contributed by atoms with Gasteiger partial charge < -0.3 is 19.7 Å². The second-order valence-corrected chi connectivity index (χ2v) is 5.51. The third-order valence-corrected chi connectivity index (χ3v) is 3.73. The second-order valence-electron chi connectivity index (χ2n) is 5.51. The summed E-state index contributed by atoms with van der Waals surface area (Å²) in [6.45, 7) is 3.77. The molecule has 0 aromatic heterocycles. The van der Waals surface area contributed by atoms with Gasteiger partial charge in [0.2, 0.25) is 0 Å². The molecule has 1 rings (SSSR count). The molecule has 7 heteroatoms. The molecule has 0 aliphatic carbocycles. The quantitative estimate of drug-likeness (QED) is 0.373. The maximum absolute atomic E-state index is 11.9. The molecule has 26 heavy (non-hydrogen) atoms. The van der Waals surface area contributed by atoms with E-state index in [0.29, 0.717) is 11.3 Å². The van der Waals surface area contributed by atoms with Gasteiger partial charge in [-0.05, 0) is 23.6 Å². The number of carboxylic acid groups (broad SMARTS) is 2. The van der Waals surface area contributed by atoms with Crippen molar-refractivity contribution in [2.75, 3.05) is 13.7 Å². The van der Waals surface area contributed by atoms with Gasteiger partial charge in [-0.25, -0.2) is 4.79 Å². The van der Waals surface area contributed by atoms with E-state index in [-0.39, 0.29) is 12.2 Å². The zero-order chi connectivity index (χ0) is 19.7. The molecule has 7 nitrogen and oxygen atoms in total. The van der Waals surface area contributed by atoms with Gasteiger partial charge in [0.25, 0.3) is 0 Å². The van der Waals surface area contributed by atoms with Gasteiger partial charge in [-0.3, -0.25) is 9.59 Å². The van der Waals surface area contributed by atoms with Crippen molar-refractivity contribution in [1.29, 1.82) is 0 Å². The number of ether oxygens (including phenoxy) is 2. The van der Waals surface area contributed by atoms with Crippen LogP contribution in [0.15, 0.2) is 36.4 Å². The molecule has 2 N–H and O–H groups in total. The van der Waals surface area contributed by atoms with Gasteiger partial charge in [0.15, 0.2) is 0 Å². The first-order valence-corrected chi connectivity index (χ1v) is 7.67. The van der Waals surface area contributed by atoms with Gasteiger partial charge in [0.1, 0.15) is 12.4 Å². The fourth-order valence-corrected chi connectivity index (χ4v) is 2.67. The maximum atomic E-state index is 11.9. The van der Waals surface area contributed by atoms with E-state index in [1.54, 1.807) is 24.3 Å². The van der Waals surface area contributed by atoms with Crippen LogP contribution in [0.2, 0.25) is 0 Å². The Bertz CT molecular complexity index is 696. The number of benzene rings is 1. The van der Waals surface area contributed by atoms with Crippen LogP contribution in [0, 0.1) is 18.3 Å². The number of aliphatic carboxylic acids is 2. The number of methoxy groups -OCH3 is 1. The average molecular weight is 360 g/mol. The monoisotopic (exact) mass is 360 g/mol. The van der Waals surface area contributed by atoms with E-state index in [9.17, 15) is 14.4 Å². The molecule has 138 valence electrons. The Labute approximate surface area is 151 Å². The number of carbonyl (C=O) groups is 3. The van der Waals surface area contributed by atoms with E-state index < -0.39 is 42.6 Å². The highest BCUT2D eigenvalue weighted by Crippen LogP contribution is 2.36. The van der Waals surface area contributed by atoms with Crippen LogP contribution >= 0.6 is 0 Å². The van der Waals surface area contributed by atoms with Crippen LogP contribution in [0.4, 0.5) is 0 Å². The highest BCUT2D eigenvalue weighted by Gasteiger charge is 2.33. The number of terminal acetylenes is 1. The number of rotatable bonds is 10. The topological polar surface area (TPSA) is 110 Å². The molecule has 1 aromatic carbocycles. The summed E-state index contributed by atoms with van der Waals surface area (Å²) in [5.74, 6) is -1.98. The fraction of sp³-hybridized carbons (Fsp3) is 0.316. The van der Waals surface area contributed by atoms with Crippen molar-refractivity contribution in [3.05, 3.63) is 42.0 Å². The molecule has 0 saturated heterocycles. The van der Waals surface area contributed by atoms with E-state index in [1.807, 2.05) is 0 Å². The lowest BCUT2D eigenvalue weighted by Gasteiger charge is -2.26. The number of carboxylic acids is 2. The standard InChI is InChI=1S/C19H20O7/c1-4-9-26-15-7-5-13(6-8-15)18(12(2)19(24)25-3)14(10-16(20)21)11-17(22)23/h1,5-8,14,18H,2,9-11H2,3H3,(H,20,21)(H,22,23). The van der Waals surface area contributed by atoms with Crippen molar-refractivity contribution in [1.82, 2.24) is 0 Å². The van der Waals surface area contributed by atoms with Crippen molar-refractivity contribution in [3.63, 3.8) is 0 Å². The van der Waals surface area contributed by atoms with E-state index in [4.69, 9.17) is 21.4 Å². The molecular formula is C19H20O7. The number of hydrogen-bond donors (Lipinski definition) is 2. The van der Waals surface area contributed by atoms with Crippen molar-refractivity contribution >= 4 is 17.9 Å². The van der Waals surface area contributed by atoms with E-state index >= 15 is 0 Å². The minimum atomic E-state index is -1.17. The number of carbonyl (C=O) groups excluding carboxylic acids is 1. The van der Waals surface area contributed by atoms with Crippen LogP contribution in [-0.4, -0.2) is 41.8 Å². The van der Waals surface area contributed by atoms with Crippen molar-refractivity contribution in [2.24, 2.45) is 5.92 Å². The molecule has 0 fully saturated rings. The molecule has 0 aliphatic heterocycles. The Morgan fingerprint density at radius 3 is 2.12 bits per heavy atom. The highest BCUT2D eigenvalue weighted by molar-refractivity contribution is 5.90. The SMILES string of the molecule is C#CCOc1ccc(C(C(=C)C(=O)OC)C(CC(=O)O)CC(=O)O)cc1. The van der Waals surface area contributed by atoms with Crippen LogP contribution in [0.25, 0.3) is 0 Å². The van der Waals surface area contributed by atoms with E-state index in [1.165, 1.54) is 7.11 Å².